The number of benzene rings is 1. The minimum atomic E-state index is -0.967. The fraction of sp³-hybridized carbons (Fsp3) is 0. The number of nitrogens with zero attached hydrogens (tertiary/aromatic N) is 1. The van der Waals surface area contributed by atoms with E-state index in [0.29, 0.717) is 11.3 Å². The number of hydrogen-bond acceptors (Lipinski definition) is 3. The molecular formula is C12H10N2O2. The van der Waals surface area contributed by atoms with Crippen molar-refractivity contribution in [2.75, 3.05) is 5.73 Å². The fourth-order valence-corrected chi connectivity index (χ4v) is 1.46. The molecule has 0 saturated carbocycles. The van der Waals surface area contributed by atoms with E-state index in [9.17, 15) is 4.79 Å². The molecule has 0 aliphatic heterocycles. The lowest BCUT2D eigenvalue weighted by atomic mass is 10.0. The molecule has 2 rings (SSSR count). The van der Waals surface area contributed by atoms with Gasteiger partial charge in [-0.15, -0.1) is 0 Å². The Morgan fingerprint density at radius 2 is 2.12 bits per heavy atom. The molecule has 0 fully saturated rings. The van der Waals surface area contributed by atoms with Crippen LogP contribution >= 0.6 is 0 Å². The Balaban J connectivity index is 2.56. The second-order valence-corrected chi connectivity index (χ2v) is 3.35. The van der Waals surface area contributed by atoms with Gasteiger partial charge in [0.1, 0.15) is 0 Å². The van der Waals surface area contributed by atoms with Gasteiger partial charge < -0.3 is 10.8 Å². The van der Waals surface area contributed by atoms with Crippen molar-refractivity contribution < 1.29 is 9.90 Å². The Morgan fingerprint density at radius 1 is 1.31 bits per heavy atom. The van der Waals surface area contributed by atoms with E-state index in [4.69, 9.17) is 10.8 Å². The molecule has 16 heavy (non-hydrogen) atoms. The van der Waals surface area contributed by atoms with Gasteiger partial charge in [0.15, 0.2) is 0 Å². The van der Waals surface area contributed by atoms with Crippen molar-refractivity contribution in [1.29, 1.82) is 0 Å². The molecule has 3 N–H and O–H groups in total. The van der Waals surface area contributed by atoms with Crippen LogP contribution in [0, 0.1) is 0 Å². The van der Waals surface area contributed by atoms with Gasteiger partial charge in [-0.3, -0.25) is 4.98 Å². The smallest absolute Gasteiger partial charge is 0.335 e. The molecule has 1 aromatic heterocycles. The van der Waals surface area contributed by atoms with E-state index in [-0.39, 0.29) is 5.56 Å². The Hall–Kier alpha value is -2.36. The van der Waals surface area contributed by atoms with Gasteiger partial charge >= 0.3 is 5.97 Å². The Kier molecular flexibility index (Phi) is 2.55. The van der Waals surface area contributed by atoms with Gasteiger partial charge in [0.2, 0.25) is 0 Å². The first-order chi connectivity index (χ1) is 7.68. The van der Waals surface area contributed by atoms with Crippen LogP contribution in [0.3, 0.4) is 0 Å². The highest BCUT2D eigenvalue weighted by Gasteiger charge is 2.08. The van der Waals surface area contributed by atoms with Gasteiger partial charge in [-0.2, -0.15) is 0 Å². The number of anilines is 1. The summed E-state index contributed by atoms with van der Waals surface area (Å²) in [5.41, 5.74) is 8.05. The summed E-state index contributed by atoms with van der Waals surface area (Å²) in [5, 5.41) is 8.89. The quantitative estimate of drug-likeness (QED) is 0.750. The third-order valence-electron chi connectivity index (χ3n) is 2.27. The molecule has 2 aromatic rings. The van der Waals surface area contributed by atoms with Gasteiger partial charge in [-0.1, -0.05) is 6.07 Å². The standard InChI is InChI=1S/C12H10N2O2/c13-11-4-3-8(12(15)16)6-10(11)9-2-1-5-14-7-9/h1-7H,13H2,(H,15,16). The highest BCUT2D eigenvalue weighted by Crippen LogP contribution is 2.26. The SMILES string of the molecule is Nc1ccc(C(=O)O)cc1-c1cccnc1. The molecule has 0 atom stereocenters. The molecule has 0 bridgehead atoms. The first kappa shape index (κ1) is 10.2. The Labute approximate surface area is 92.4 Å². The van der Waals surface area contributed by atoms with Crippen molar-refractivity contribution in [2.45, 2.75) is 0 Å². The van der Waals surface area contributed by atoms with Crippen LogP contribution in [-0.4, -0.2) is 16.1 Å². The van der Waals surface area contributed by atoms with Crippen LogP contribution in [0.4, 0.5) is 5.69 Å². The van der Waals surface area contributed by atoms with Crippen molar-refractivity contribution >= 4 is 11.7 Å². The maximum absolute atomic E-state index is 10.8. The molecule has 0 aliphatic rings. The third kappa shape index (κ3) is 1.86. The van der Waals surface area contributed by atoms with E-state index >= 15 is 0 Å². The van der Waals surface area contributed by atoms with Crippen LogP contribution < -0.4 is 5.73 Å². The zero-order valence-corrected chi connectivity index (χ0v) is 8.42. The summed E-state index contributed by atoms with van der Waals surface area (Å²) >= 11 is 0. The average molecular weight is 214 g/mol. The minimum Gasteiger partial charge on any atom is -0.478 e. The molecule has 1 aromatic carbocycles. The van der Waals surface area contributed by atoms with Gasteiger partial charge in [-0.25, -0.2) is 4.79 Å². The van der Waals surface area contributed by atoms with Gasteiger partial charge in [-0.05, 0) is 24.3 Å². The summed E-state index contributed by atoms with van der Waals surface area (Å²) in [6.07, 6.45) is 3.30. The molecule has 80 valence electrons. The number of carboxylic acids is 1. The maximum Gasteiger partial charge on any atom is 0.335 e. The highest BCUT2D eigenvalue weighted by molar-refractivity contribution is 5.91. The van der Waals surface area contributed by atoms with Crippen LogP contribution in [0.1, 0.15) is 10.4 Å². The number of nitrogen functional groups attached to an aromatic ring is 1. The zero-order chi connectivity index (χ0) is 11.5. The lowest BCUT2D eigenvalue weighted by molar-refractivity contribution is 0.0697. The van der Waals surface area contributed by atoms with Crippen molar-refractivity contribution in [3.05, 3.63) is 48.3 Å². The van der Waals surface area contributed by atoms with E-state index in [1.807, 2.05) is 6.07 Å². The maximum atomic E-state index is 10.8. The number of nitrogens with two attached hydrogens (primary N) is 1. The monoisotopic (exact) mass is 214 g/mol. The summed E-state index contributed by atoms with van der Waals surface area (Å²) < 4.78 is 0. The summed E-state index contributed by atoms with van der Waals surface area (Å²) in [6.45, 7) is 0. The molecule has 0 radical (unpaired) electrons. The lowest BCUT2D eigenvalue weighted by Crippen LogP contribution is -1.98. The van der Waals surface area contributed by atoms with E-state index < -0.39 is 5.97 Å². The number of aromatic carboxylic acids is 1. The molecule has 0 aliphatic carbocycles. The molecule has 4 nitrogen and oxygen atoms in total. The van der Waals surface area contributed by atoms with Crippen molar-refractivity contribution in [3.8, 4) is 11.1 Å². The molecule has 0 spiro atoms. The Bertz CT molecular complexity index is 524. The average Bonchev–Trinajstić information content (AvgIpc) is 2.30. The summed E-state index contributed by atoms with van der Waals surface area (Å²) in [7, 11) is 0. The normalized spacial score (nSPS) is 10.0. The summed E-state index contributed by atoms with van der Waals surface area (Å²) in [5.74, 6) is -0.967. The van der Waals surface area contributed by atoms with Gasteiger partial charge in [0, 0.05) is 29.2 Å². The third-order valence-corrected chi connectivity index (χ3v) is 2.27. The van der Waals surface area contributed by atoms with Crippen LogP contribution in [0.2, 0.25) is 0 Å². The second kappa shape index (κ2) is 4.02. The number of carbonyl (C=O) groups is 1. The number of hydrogen-bond donors (Lipinski definition) is 2. The molecule has 4 heteroatoms. The first-order valence-corrected chi connectivity index (χ1v) is 4.71. The first-order valence-electron chi connectivity index (χ1n) is 4.71. The molecule has 0 unspecified atom stereocenters. The van der Waals surface area contributed by atoms with E-state index in [2.05, 4.69) is 4.98 Å². The molecule has 0 saturated heterocycles. The van der Waals surface area contributed by atoms with Crippen molar-refractivity contribution in [2.24, 2.45) is 0 Å². The number of rotatable bonds is 2. The van der Waals surface area contributed by atoms with Crippen LogP contribution in [0.15, 0.2) is 42.7 Å². The molecular weight excluding hydrogens is 204 g/mol. The van der Waals surface area contributed by atoms with Crippen molar-refractivity contribution in [1.82, 2.24) is 4.98 Å². The lowest BCUT2D eigenvalue weighted by Gasteiger charge is -2.06. The van der Waals surface area contributed by atoms with Crippen LogP contribution in [-0.2, 0) is 0 Å². The number of aromatic nitrogens is 1. The fourth-order valence-electron chi connectivity index (χ4n) is 1.46. The Morgan fingerprint density at radius 3 is 2.75 bits per heavy atom. The second-order valence-electron chi connectivity index (χ2n) is 3.35. The van der Waals surface area contributed by atoms with Crippen LogP contribution in [0.25, 0.3) is 11.1 Å². The predicted molar refractivity (Wildman–Crippen MR) is 61.0 cm³/mol. The topological polar surface area (TPSA) is 76.2 Å². The predicted octanol–water partition coefficient (Wildman–Crippen LogP) is 2.03. The number of pyridine rings is 1. The molecule has 1 heterocycles. The summed E-state index contributed by atoms with van der Waals surface area (Å²) in [6, 6.07) is 8.24. The van der Waals surface area contributed by atoms with E-state index in [1.165, 1.54) is 6.07 Å². The minimum absolute atomic E-state index is 0.216. The highest BCUT2D eigenvalue weighted by atomic mass is 16.4. The summed E-state index contributed by atoms with van der Waals surface area (Å²) in [4.78, 5) is 14.8. The molecule has 0 amide bonds. The van der Waals surface area contributed by atoms with Gasteiger partial charge in [0.25, 0.3) is 0 Å². The van der Waals surface area contributed by atoms with Crippen LogP contribution in [0.5, 0.6) is 0 Å². The largest absolute Gasteiger partial charge is 0.478 e. The van der Waals surface area contributed by atoms with Gasteiger partial charge in [0.05, 0.1) is 5.56 Å². The van der Waals surface area contributed by atoms with E-state index in [1.54, 1.807) is 30.6 Å². The number of carboxylic acid groups (broad SMARTS) is 1. The van der Waals surface area contributed by atoms with E-state index in [0.717, 1.165) is 5.56 Å². The van der Waals surface area contributed by atoms with Crippen molar-refractivity contribution in [3.63, 3.8) is 0 Å². The zero-order valence-electron chi connectivity index (χ0n) is 8.42.